The Bertz CT molecular complexity index is 649. The molecule has 2 spiro atoms. The maximum Gasteiger partial charge on any atom is 0.382 e. The summed E-state index contributed by atoms with van der Waals surface area (Å²) in [6, 6.07) is 0. The molecular weight excluding hydrogens is 394 g/mol. The van der Waals surface area contributed by atoms with Crippen LogP contribution in [-0.4, -0.2) is 64.7 Å². The van der Waals surface area contributed by atoms with Crippen molar-refractivity contribution < 1.29 is 62.2 Å². The van der Waals surface area contributed by atoms with Gasteiger partial charge in [-0.25, -0.2) is 0 Å². The van der Waals surface area contributed by atoms with Crippen molar-refractivity contribution in [3.63, 3.8) is 0 Å². The second-order valence-electron chi connectivity index (χ2n) is 5.74. The fourth-order valence-corrected chi connectivity index (χ4v) is 3.19. The van der Waals surface area contributed by atoms with E-state index in [1.54, 1.807) is 0 Å². The van der Waals surface area contributed by atoms with Gasteiger partial charge < -0.3 is 9.64 Å². The van der Waals surface area contributed by atoms with Crippen LogP contribution in [0.15, 0.2) is 0 Å². The lowest BCUT2D eigenvalue weighted by atomic mass is 9.67. The van der Waals surface area contributed by atoms with E-state index in [1.807, 2.05) is 0 Å². The molecule has 0 bridgehead atoms. The number of likely N-dealkylation sites (N-methyl/N-ethyl adjacent to an activating group) is 1. The van der Waals surface area contributed by atoms with Crippen LogP contribution in [0.2, 0.25) is 0 Å². The molecule has 3 fully saturated rings. The highest BCUT2D eigenvalue weighted by atomic mass is 19.4. The molecule has 3 rings (SSSR count). The molecule has 25 heavy (non-hydrogen) atoms. The molecule has 0 aromatic heterocycles. The second kappa shape index (κ2) is 3.67. The van der Waals surface area contributed by atoms with Crippen LogP contribution in [0.4, 0.5) is 52.7 Å². The largest absolute Gasteiger partial charge is 0.382 e. The van der Waals surface area contributed by atoms with Crippen LogP contribution in [0.5, 0.6) is 0 Å². The number of hydrogen-bond donors (Lipinski definition) is 0. The van der Waals surface area contributed by atoms with Gasteiger partial charge in [-0.3, -0.25) is 4.79 Å². The Balaban J connectivity index is 2.25. The van der Waals surface area contributed by atoms with E-state index in [9.17, 15) is 57.5 Å². The minimum atomic E-state index is -6.33. The highest BCUT2D eigenvalue weighted by molar-refractivity contribution is 5.93. The van der Waals surface area contributed by atoms with Gasteiger partial charge in [0.05, 0.1) is 0 Å². The molecule has 2 aliphatic carbocycles. The van der Waals surface area contributed by atoms with Crippen LogP contribution in [0.1, 0.15) is 0 Å². The summed E-state index contributed by atoms with van der Waals surface area (Å²) in [7, 11) is -0.239. The van der Waals surface area contributed by atoms with Crippen molar-refractivity contribution in [2.45, 2.75) is 46.9 Å². The summed E-state index contributed by atoms with van der Waals surface area (Å²) in [6.07, 6.45) is 0. The van der Waals surface area contributed by atoms with Crippen molar-refractivity contribution in [3.05, 3.63) is 0 Å². The zero-order valence-electron chi connectivity index (χ0n) is 11.3. The van der Waals surface area contributed by atoms with Crippen LogP contribution in [0, 0.1) is 0 Å². The smallest absolute Gasteiger partial charge is 0.316 e. The minimum Gasteiger partial charge on any atom is -0.316 e. The summed E-state index contributed by atoms with van der Waals surface area (Å²) < 4.78 is 163. The average Bonchev–Trinajstić information content (AvgIpc) is 2.70. The standard InChI is InChI=1S/C10H3F12NO2/c1-23-2(24)3(4(11,12)6(15,16)5(3,13)14)25-10(23)8(19,20)7(17,18)9(10,21)22/h1H3. The molecule has 1 heterocycles. The van der Waals surface area contributed by atoms with Gasteiger partial charge >= 0.3 is 35.5 Å². The average molecular weight is 397 g/mol. The first-order valence-electron chi connectivity index (χ1n) is 6.02. The fourth-order valence-electron chi connectivity index (χ4n) is 3.19. The topological polar surface area (TPSA) is 29.5 Å². The van der Waals surface area contributed by atoms with Crippen molar-refractivity contribution in [1.29, 1.82) is 0 Å². The fraction of sp³-hybridized carbons (Fsp3) is 0.900. The van der Waals surface area contributed by atoms with E-state index in [0.717, 1.165) is 0 Å². The third-order valence-electron chi connectivity index (χ3n) is 4.69. The van der Waals surface area contributed by atoms with E-state index in [-0.39, 0.29) is 7.05 Å². The van der Waals surface area contributed by atoms with E-state index in [2.05, 4.69) is 4.74 Å². The van der Waals surface area contributed by atoms with Crippen LogP contribution >= 0.6 is 0 Å². The summed E-state index contributed by atoms with van der Waals surface area (Å²) in [4.78, 5) is 10.3. The molecule has 0 N–H and O–H groups in total. The molecule has 0 atom stereocenters. The molecule has 0 aromatic rings. The van der Waals surface area contributed by atoms with E-state index < -0.39 is 57.7 Å². The lowest BCUT2D eigenvalue weighted by Gasteiger charge is -2.59. The Hall–Kier alpha value is -1.41. The van der Waals surface area contributed by atoms with E-state index in [0.29, 0.717) is 0 Å². The van der Waals surface area contributed by atoms with Gasteiger partial charge in [0, 0.05) is 7.05 Å². The molecule has 0 radical (unpaired) electrons. The lowest BCUT2D eigenvalue weighted by Crippen LogP contribution is -2.92. The van der Waals surface area contributed by atoms with Gasteiger partial charge in [0.15, 0.2) is 0 Å². The number of rotatable bonds is 0. The Morgan fingerprint density at radius 2 is 0.960 bits per heavy atom. The van der Waals surface area contributed by atoms with Gasteiger partial charge in [-0.15, -0.1) is 0 Å². The molecule has 3 nitrogen and oxygen atoms in total. The molecule has 1 amide bonds. The molecular formula is C10H3F12NO2. The van der Waals surface area contributed by atoms with Gasteiger partial charge in [-0.05, 0) is 0 Å². The van der Waals surface area contributed by atoms with Crippen LogP contribution in [0.25, 0.3) is 0 Å². The molecule has 1 saturated heterocycles. The molecule has 3 aliphatic rings. The Morgan fingerprint density at radius 3 is 1.32 bits per heavy atom. The zero-order chi connectivity index (χ0) is 19.9. The highest BCUT2D eigenvalue weighted by Crippen LogP contribution is 2.78. The summed E-state index contributed by atoms with van der Waals surface area (Å²) >= 11 is 0. The van der Waals surface area contributed by atoms with Crippen molar-refractivity contribution in [1.82, 2.24) is 4.90 Å². The molecule has 0 unspecified atom stereocenters. The number of hydrogen-bond acceptors (Lipinski definition) is 2. The second-order valence-corrected chi connectivity index (χ2v) is 5.74. The number of nitrogens with zero attached hydrogens (tertiary/aromatic N) is 1. The quantitative estimate of drug-likeness (QED) is 0.589. The third-order valence-corrected chi connectivity index (χ3v) is 4.69. The Kier molecular flexibility index (Phi) is 2.70. The molecule has 15 heteroatoms. The minimum absolute atomic E-state index is 0.239. The molecule has 1 aliphatic heterocycles. The van der Waals surface area contributed by atoms with Gasteiger partial charge in [-0.2, -0.15) is 52.7 Å². The van der Waals surface area contributed by atoms with Gasteiger partial charge in [0.2, 0.25) is 0 Å². The summed E-state index contributed by atoms with van der Waals surface area (Å²) in [6.45, 7) is 0. The van der Waals surface area contributed by atoms with Crippen molar-refractivity contribution in [3.8, 4) is 0 Å². The number of amides is 1. The van der Waals surface area contributed by atoms with Crippen LogP contribution in [0.3, 0.4) is 0 Å². The number of carbonyl (C=O) groups is 1. The van der Waals surface area contributed by atoms with E-state index in [1.165, 1.54) is 0 Å². The van der Waals surface area contributed by atoms with Gasteiger partial charge in [-0.1, -0.05) is 0 Å². The first kappa shape index (κ1) is 18.4. The Labute approximate surface area is 128 Å². The molecule has 2 saturated carbocycles. The highest BCUT2D eigenvalue weighted by Gasteiger charge is 3.11. The van der Waals surface area contributed by atoms with Crippen molar-refractivity contribution in [2.24, 2.45) is 0 Å². The summed E-state index contributed by atoms with van der Waals surface area (Å²) in [5.74, 6) is -40.4. The number of carbonyl (C=O) groups excluding carboxylic acids is 1. The first-order valence-corrected chi connectivity index (χ1v) is 6.02. The van der Waals surface area contributed by atoms with E-state index >= 15 is 0 Å². The Morgan fingerprint density at radius 1 is 0.640 bits per heavy atom. The lowest BCUT2D eigenvalue weighted by molar-refractivity contribution is -0.555. The summed E-state index contributed by atoms with van der Waals surface area (Å²) in [5.41, 5.74) is -10.8. The van der Waals surface area contributed by atoms with Crippen LogP contribution < -0.4 is 0 Å². The monoisotopic (exact) mass is 397 g/mol. The number of alkyl halides is 12. The number of halogens is 12. The summed E-state index contributed by atoms with van der Waals surface area (Å²) in [5, 5.41) is 0. The maximum atomic E-state index is 13.6. The normalized spacial score (nSPS) is 36.2. The SMILES string of the molecule is CN1C(=O)C2(OC13C(F)(F)C(F)(F)C3(F)F)C(F)(F)C(F)(F)C2(F)F. The third kappa shape index (κ3) is 1.12. The van der Waals surface area contributed by atoms with E-state index in [4.69, 9.17) is 0 Å². The predicted molar refractivity (Wildman–Crippen MR) is 49.0 cm³/mol. The number of ether oxygens (including phenoxy) is 1. The van der Waals surface area contributed by atoms with Crippen molar-refractivity contribution in [2.75, 3.05) is 7.05 Å². The first-order chi connectivity index (χ1) is 10.8. The predicted octanol–water partition coefficient (Wildman–Crippen LogP) is 2.75. The van der Waals surface area contributed by atoms with Crippen LogP contribution in [-0.2, 0) is 9.53 Å². The molecule has 144 valence electrons. The molecule has 0 aromatic carbocycles. The zero-order valence-corrected chi connectivity index (χ0v) is 11.3. The van der Waals surface area contributed by atoms with Gasteiger partial charge in [0.25, 0.3) is 17.2 Å². The van der Waals surface area contributed by atoms with Crippen molar-refractivity contribution >= 4 is 5.91 Å². The maximum absolute atomic E-state index is 13.6. The van der Waals surface area contributed by atoms with Gasteiger partial charge in [0.1, 0.15) is 0 Å².